The lowest BCUT2D eigenvalue weighted by molar-refractivity contribution is -0.146. The highest BCUT2D eigenvalue weighted by Gasteiger charge is 2.36. The summed E-state index contributed by atoms with van der Waals surface area (Å²) in [4.78, 5) is 25.1. The van der Waals surface area contributed by atoms with Crippen molar-refractivity contribution in [1.82, 2.24) is 4.90 Å². The number of hydrogen-bond donors (Lipinski definition) is 1. The van der Waals surface area contributed by atoms with E-state index in [2.05, 4.69) is 0 Å². The summed E-state index contributed by atoms with van der Waals surface area (Å²) in [6.07, 6.45) is 1.35. The van der Waals surface area contributed by atoms with Gasteiger partial charge >= 0.3 is 12.1 Å². The number of likely N-dealkylation sites (tertiary alicyclic amines) is 1. The molecule has 0 bridgehead atoms. The van der Waals surface area contributed by atoms with Crippen molar-refractivity contribution in [3.63, 3.8) is 0 Å². The number of rotatable bonds is 3. The zero-order valence-corrected chi connectivity index (χ0v) is 13.2. The molecule has 5 nitrogen and oxygen atoms in total. The first-order valence-electron chi connectivity index (χ1n) is 7.32. The van der Waals surface area contributed by atoms with E-state index in [1.807, 2.05) is 34.6 Å². The molecule has 1 aliphatic rings. The second-order valence-electron chi connectivity index (χ2n) is 6.94. The standard InChI is InChI=1S/C15H27NO4/c1-10(2)12(13(17)18)11-7-6-8-16(9-11)14(19)20-15(3,4)5/h10-12H,6-9H2,1-5H3,(H,17,18). The number of piperidine rings is 1. The number of aliphatic carboxylic acids is 1. The minimum atomic E-state index is -0.768. The molecule has 0 aromatic carbocycles. The number of hydrogen-bond acceptors (Lipinski definition) is 3. The van der Waals surface area contributed by atoms with E-state index in [4.69, 9.17) is 4.74 Å². The van der Waals surface area contributed by atoms with Crippen LogP contribution in [0.25, 0.3) is 0 Å². The van der Waals surface area contributed by atoms with Gasteiger partial charge in [0, 0.05) is 13.1 Å². The molecule has 1 saturated heterocycles. The van der Waals surface area contributed by atoms with Crippen LogP contribution in [0.5, 0.6) is 0 Å². The Morgan fingerprint density at radius 1 is 1.30 bits per heavy atom. The van der Waals surface area contributed by atoms with Gasteiger partial charge in [-0.3, -0.25) is 4.79 Å². The molecule has 116 valence electrons. The molecule has 1 aliphatic heterocycles. The predicted molar refractivity (Wildman–Crippen MR) is 76.5 cm³/mol. The van der Waals surface area contributed by atoms with Gasteiger partial charge in [0.1, 0.15) is 5.60 Å². The van der Waals surface area contributed by atoms with E-state index in [9.17, 15) is 14.7 Å². The number of amides is 1. The number of ether oxygens (including phenoxy) is 1. The van der Waals surface area contributed by atoms with E-state index in [0.29, 0.717) is 13.1 Å². The highest BCUT2D eigenvalue weighted by Crippen LogP contribution is 2.30. The van der Waals surface area contributed by atoms with Gasteiger partial charge in [-0.05, 0) is 45.4 Å². The molecular weight excluding hydrogens is 258 g/mol. The van der Waals surface area contributed by atoms with E-state index < -0.39 is 17.5 Å². The smallest absolute Gasteiger partial charge is 0.410 e. The van der Waals surface area contributed by atoms with E-state index in [1.165, 1.54) is 0 Å². The van der Waals surface area contributed by atoms with E-state index in [-0.39, 0.29) is 17.9 Å². The van der Waals surface area contributed by atoms with Gasteiger partial charge in [0.05, 0.1) is 5.92 Å². The molecule has 1 rings (SSSR count). The summed E-state index contributed by atoms with van der Waals surface area (Å²) in [7, 11) is 0. The fraction of sp³-hybridized carbons (Fsp3) is 0.867. The summed E-state index contributed by atoms with van der Waals surface area (Å²) in [5, 5.41) is 9.37. The fourth-order valence-corrected chi connectivity index (χ4v) is 2.83. The van der Waals surface area contributed by atoms with Crippen LogP contribution >= 0.6 is 0 Å². The molecule has 0 aromatic heterocycles. The molecule has 1 fully saturated rings. The molecule has 0 saturated carbocycles. The largest absolute Gasteiger partial charge is 0.481 e. The molecule has 0 spiro atoms. The average molecular weight is 285 g/mol. The number of carboxylic acid groups (broad SMARTS) is 1. The Morgan fingerprint density at radius 2 is 1.90 bits per heavy atom. The number of carboxylic acids is 1. The average Bonchev–Trinajstić information content (AvgIpc) is 2.26. The van der Waals surface area contributed by atoms with Gasteiger partial charge in [0.2, 0.25) is 0 Å². The minimum Gasteiger partial charge on any atom is -0.481 e. The summed E-state index contributed by atoms with van der Waals surface area (Å²) < 4.78 is 5.37. The zero-order valence-electron chi connectivity index (χ0n) is 13.2. The van der Waals surface area contributed by atoms with Crippen molar-refractivity contribution in [2.75, 3.05) is 13.1 Å². The quantitative estimate of drug-likeness (QED) is 0.865. The molecule has 0 aromatic rings. The molecule has 1 N–H and O–H groups in total. The summed E-state index contributed by atoms with van der Waals surface area (Å²) in [6.45, 7) is 10.5. The van der Waals surface area contributed by atoms with Crippen molar-refractivity contribution in [2.45, 2.75) is 53.1 Å². The maximum atomic E-state index is 12.1. The molecule has 2 atom stereocenters. The summed E-state index contributed by atoms with van der Waals surface area (Å²) in [5.74, 6) is -1.10. The molecule has 20 heavy (non-hydrogen) atoms. The molecule has 1 amide bonds. The van der Waals surface area contributed by atoms with Crippen molar-refractivity contribution in [3.8, 4) is 0 Å². The minimum absolute atomic E-state index is 0.00812. The number of carbonyl (C=O) groups is 2. The fourth-order valence-electron chi connectivity index (χ4n) is 2.83. The van der Waals surface area contributed by atoms with E-state index in [1.54, 1.807) is 4.90 Å². The Hall–Kier alpha value is -1.26. The van der Waals surface area contributed by atoms with Crippen LogP contribution < -0.4 is 0 Å². The first-order chi connectivity index (χ1) is 9.11. The van der Waals surface area contributed by atoms with Crippen LogP contribution in [-0.4, -0.2) is 40.8 Å². The Labute approximate surface area is 121 Å². The van der Waals surface area contributed by atoms with Crippen LogP contribution in [0.3, 0.4) is 0 Å². The van der Waals surface area contributed by atoms with Crippen LogP contribution in [0.2, 0.25) is 0 Å². The third kappa shape index (κ3) is 4.69. The van der Waals surface area contributed by atoms with Crippen molar-refractivity contribution in [3.05, 3.63) is 0 Å². The maximum Gasteiger partial charge on any atom is 0.410 e. The summed E-state index contributed by atoms with van der Waals surface area (Å²) >= 11 is 0. The SMILES string of the molecule is CC(C)C(C(=O)O)C1CCCN(C(=O)OC(C)(C)C)C1. The van der Waals surface area contributed by atoms with Crippen molar-refractivity contribution in [1.29, 1.82) is 0 Å². The molecule has 0 aliphatic carbocycles. The lowest BCUT2D eigenvalue weighted by atomic mass is 9.79. The van der Waals surface area contributed by atoms with Crippen molar-refractivity contribution >= 4 is 12.1 Å². The Kier molecular flexibility index (Phi) is 5.42. The lowest BCUT2D eigenvalue weighted by Gasteiger charge is -2.37. The Balaban J connectivity index is 2.71. The van der Waals surface area contributed by atoms with Gasteiger partial charge in [0.15, 0.2) is 0 Å². The van der Waals surface area contributed by atoms with Crippen LogP contribution in [0.15, 0.2) is 0 Å². The Bertz CT molecular complexity index is 359. The molecule has 1 heterocycles. The highest BCUT2D eigenvalue weighted by atomic mass is 16.6. The van der Waals surface area contributed by atoms with Gasteiger partial charge in [-0.15, -0.1) is 0 Å². The molecule has 2 unspecified atom stereocenters. The van der Waals surface area contributed by atoms with Crippen LogP contribution in [0, 0.1) is 17.8 Å². The van der Waals surface area contributed by atoms with Crippen molar-refractivity contribution in [2.24, 2.45) is 17.8 Å². The maximum absolute atomic E-state index is 12.1. The first-order valence-corrected chi connectivity index (χ1v) is 7.32. The molecule has 0 radical (unpaired) electrons. The number of carbonyl (C=O) groups excluding carboxylic acids is 1. The normalized spacial score (nSPS) is 21.7. The lowest BCUT2D eigenvalue weighted by Crippen LogP contribution is -2.46. The zero-order chi connectivity index (χ0) is 15.5. The van der Waals surface area contributed by atoms with Crippen LogP contribution in [0.1, 0.15) is 47.5 Å². The molecular formula is C15H27NO4. The van der Waals surface area contributed by atoms with Crippen molar-refractivity contribution < 1.29 is 19.4 Å². The second-order valence-corrected chi connectivity index (χ2v) is 6.94. The summed E-state index contributed by atoms with van der Waals surface area (Å²) in [6, 6.07) is 0. The summed E-state index contributed by atoms with van der Waals surface area (Å²) in [5.41, 5.74) is -0.520. The number of nitrogens with zero attached hydrogens (tertiary/aromatic N) is 1. The van der Waals surface area contributed by atoms with Crippen LogP contribution in [0.4, 0.5) is 4.79 Å². The Morgan fingerprint density at radius 3 is 2.35 bits per heavy atom. The van der Waals surface area contributed by atoms with Gasteiger partial charge in [-0.1, -0.05) is 13.8 Å². The second kappa shape index (κ2) is 6.46. The van der Waals surface area contributed by atoms with Gasteiger partial charge in [0.25, 0.3) is 0 Å². The monoisotopic (exact) mass is 285 g/mol. The topological polar surface area (TPSA) is 66.8 Å². The van der Waals surface area contributed by atoms with Gasteiger partial charge in [-0.2, -0.15) is 0 Å². The first kappa shape index (κ1) is 16.8. The highest BCUT2D eigenvalue weighted by molar-refractivity contribution is 5.71. The molecule has 5 heteroatoms. The van der Waals surface area contributed by atoms with E-state index in [0.717, 1.165) is 12.8 Å². The predicted octanol–water partition coefficient (Wildman–Crippen LogP) is 2.99. The van der Waals surface area contributed by atoms with E-state index >= 15 is 0 Å². The van der Waals surface area contributed by atoms with Crippen LogP contribution in [-0.2, 0) is 9.53 Å². The third-order valence-corrected chi connectivity index (χ3v) is 3.62. The van der Waals surface area contributed by atoms with Gasteiger partial charge in [-0.25, -0.2) is 4.79 Å². The van der Waals surface area contributed by atoms with Gasteiger partial charge < -0.3 is 14.7 Å². The third-order valence-electron chi connectivity index (χ3n) is 3.62.